The predicted octanol–water partition coefficient (Wildman–Crippen LogP) is 0.865. The predicted molar refractivity (Wildman–Crippen MR) is 59.2 cm³/mol. The summed E-state index contributed by atoms with van der Waals surface area (Å²) in [4.78, 5) is 3.90. The van der Waals surface area contributed by atoms with Gasteiger partial charge in [0, 0.05) is 5.54 Å². The molecule has 0 aromatic carbocycles. The maximum Gasteiger partial charge on any atom is 0.252 e. The number of anilines is 1. The number of hydrogen-bond donors (Lipinski definition) is 2. The molecule has 15 heavy (non-hydrogen) atoms. The molecule has 1 aromatic heterocycles. The van der Waals surface area contributed by atoms with E-state index in [2.05, 4.69) is 9.71 Å². The summed E-state index contributed by atoms with van der Waals surface area (Å²) in [5, 5.41) is 0.286. The van der Waals surface area contributed by atoms with Crippen LogP contribution in [0.4, 0.5) is 5.13 Å². The standard InChI is InChI=1S/C8H13N3O2S2/c1-5-6(14-7(9)10-5)15(12,13)11-8(2)3-4-8/h11H,3-4H2,1-2H3,(H2,9,10). The number of nitrogen functional groups attached to an aromatic ring is 1. The first-order chi connectivity index (χ1) is 6.82. The van der Waals surface area contributed by atoms with E-state index in [9.17, 15) is 8.42 Å². The Kier molecular flexibility index (Phi) is 2.29. The molecule has 5 nitrogen and oxygen atoms in total. The third kappa shape index (κ3) is 2.14. The van der Waals surface area contributed by atoms with E-state index in [1.807, 2.05) is 6.92 Å². The molecule has 1 aromatic rings. The number of nitrogens with two attached hydrogens (primary N) is 1. The van der Waals surface area contributed by atoms with Crippen molar-refractivity contribution in [3.63, 3.8) is 0 Å². The van der Waals surface area contributed by atoms with Gasteiger partial charge in [0.1, 0.15) is 0 Å². The van der Waals surface area contributed by atoms with E-state index < -0.39 is 10.0 Å². The molecule has 0 radical (unpaired) electrons. The molecule has 0 unspecified atom stereocenters. The summed E-state index contributed by atoms with van der Waals surface area (Å²) in [7, 11) is -3.44. The van der Waals surface area contributed by atoms with Gasteiger partial charge in [0.05, 0.1) is 5.69 Å². The Morgan fingerprint density at radius 1 is 1.53 bits per heavy atom. The Balaban J connectivity index is 2.33. The summed E-state index contributed by atoms with van der Waals surface area (Å²) in [6, 6.07) is 0. The SMILES string of the molecule is Cc1nc(N)sc1S(=O)(=O)NC1(C)CC1. The van der Waals surface area contributed by atoms with Crippen molar-refractivity contribution in [1.29, 1.82) is 0 Å². The highest BCUT2D eigenvalue weighted by Crippen LogP contribution is 2.37. The Labute approximate surface area is 92.8 Å². The van der Waals surface area contributed by atoms with Crippen LogP contribution in [-0.2, 0) is 10.0 Å². The molecule has 1 aliphatic rings. The van der Waals surface area contributed by atoms with Crippen LogP contribution in [0.3, 0.4) is 0 Å². The molecule has 7 heteroatoms. The zero-order valence-electron chi connectivity index (χ0n) is 8.57. The molecule has 0 bridgehead atoms. The average Bonchev–Trinajstić information content (AvgIpc) is 2.65. The Morgan fingerprint density at radius 2 is 2.13 bits per heavy atom. The van der Waals surface area contributed by atoms with E-state index in [1.54, 1.807) is 6.92 Å². The number of nitrogens with zero attached hydrogens (tertiary/aromatic N) is 1. The van der Waals surface area contributed by atoms with Crippen LogP contribution in [0.15, 0.2) is 4.21 Å². The summed E-state index contributed by atoms with van der Waals surface area (Å²) in [6.45, 7) is 3.54. The molecule has 1 heterocycles. The van der Waals surface area contributed by atoms with E-state index >= 15 is 0 Å². The highest BCUT2D eigenvalue weighted by atomic mass is 32.2. The van der Waals surface area contributed by atoms with Gasteiger partial charge in [-0.15, -0.1) is 0 Å². The Morgan fingerprint density at radius 3 is 2.53 bits per heavy atom. The first kappa shape index (κ1) is 10.8. The van der Waals surface area contributed by atoms with Gasteiger partial charge >= 0.3 is 0 Å². The quantitative estimate of drug-likeness (QED) is 0.829. The Bertz CT molecular complexity index is 488. The summed E-state index contributed by atoms with van der Waals surface area (Å²) in [6.07, 6.45) is 1.78. The van der Waals surface area contributed by atoms with Crippen LogP contribution in [0.1, 0.15) is 25.5 Å². The van der Waals surface area contributed by atoms with Gasteiger partial charge in [0.25, 0.3) is 10.0 Å². The number of hydrogen-bond acceptors (Lipinski definition) is 5. The van der Waals surface area contributed by atoms with Crippen molar-refractivity contribution in [2.75, 3.05) is 5.73 Å². The van der Waals surface area contributed by atoms with Crippen LogP contribution in [0.2, 0.25) is 0 Å². The van der Waals surface area contributed by atoms with Crippen molar-refractivity contribution in [3.8, 4) is 0 Å². The van der Waals surface area contributed by atoms with Crippen molar-refractivity contribution in [2.24, 2.45) is 0 Å². The lowest BCUT2D eigenvalue weighted by molar-refractivity contribution is 0.559. The monoisotopic (exact) mass is 247 g/mol. The van der Waals surface area contributed by atoms with E-state index in [-0.39, 0.29) is 14.9 Å². The maximum atomic E-state index is 11.9. The number of sulfonamides is 1. The van der Waals surface area contributed by atoms with E-state index in [0.29, 0.717) is 5.69 Å². The summed E-state index contributed by atoms with van der Waals surface area (Å²) in [5.74, 6) is 0. The molecule has 0 spiro atoms. The lowest BCUT2D eigenvalue weighted by Gasteiger charge is -2.10. The molecule has 3 N–H and O–H groups in total. The molecule has 0 aliphatic heterocycles. The molecular weight excluding hydrogens is 234 g/mol. The lowest BCUT2D eigenvalue weighted by atomic mass is 10.4. The number of thiazole rings is 1. The van der Waals surface area contributed by atoms with E-state index in [1.165, 1.54) is 0 Å². The van der Waals surface area contributed by atoms with E-state index in [4.69, 9.17) is 5.73 Å². The van der Waals surface area contributed by atoms with Gasteiger partial charge in [-0.2, -0.15) is 0 Å². The van der Waals surface area contributed by atoms with Crippen molar-refractivity contribution in [3.05, 3.63) is 5.69 Å². The molecule has 1 aliphatic carbocycles. The number of aryl methyl sites for hydroxylation is 1. The number of aromatic nitrogens is 1. The van der Waals surface area contributed by atoms with Crippen molar-refractivity contribution in [1.82, 2.24) is 9.71 Å². The molecule has 1 fully saturated rings. The molecule has 2 rings (SSSR count). The zero-order chi connectivity index (χ0) is 11.3. The minimum Gasteiger partial charge on any atom is -0.375 e. The fourth-order valence-corrected chi connectivity index (χ4v) is 4.08. The minimum atomic E-state index is -3.44. The average molecular weight is 247 g/mol. The zero-order valence-corrected chi connectivity index (χ0v) is 10.2. The number of rotatable bonds is 3. The van der Waals surface area contributed by atoms with Gasteiger partial charge in [-0.05, 0) is 26.7 Å². The molecule has 0 amide bonds. The van der Waals surface area contributed by atoms with Gasteiger partial charge in [-0.3, -0.25) is 0 Å². The van der Waals surface area contributed by atoms with Crippen molar-refractivity contribution in [2.45, 2.75) is 36.4 Å². The molecule has 0 atom stereocenters. The summed E-state index contributed by atoms with van der Waals surface area (Å²) in [5.41, 5.74) is 5.68. The van der Waals surface area contributed by atoms with Crippen LogP contribution < -0.4 is 10.5 Å². The fraction of sp³-hybridized carbons (Fsp3) is 0.625. The van der Waals surface area contributed by atoms with Crippen LogP contribution in [0, 0.1) is 6.92 Å². The second-order valence-electron chi connectivity index (χ2n) is 4.09. The second-order valence-corrected chi connectivity index (χ2v) is 7.00. The summed E-state index contributed by atoms with van der Waals surface area (Å²) >= 11 is 1.01. The summed E-state index contributed by atoms with van der Waals surface area (Å²) < 4.78 is 26.7. The molecule has 84 valence electrons. The second kappa shape index (κ2) is 3.16. The van der Waals surface area contributed by atoms with Gasteiger partial charge in [0.15, 0.2) is 9.34 Å². The maximum absolute atomic E-state index is 11.9. The highest BCUT2D eigenvalue weighted by molar-refractivity contribution is 7.91. The normalized spacial score (nSPS) is 19.1. The smallest absolute Gasteiger partial charge is 0.252 e. The largest absolute Gasteiger partial charge is 0.375 e. The van der Waals surface area contributed by atoms with Crippen LogP contribution >= 0.6 is 11.3 Å². The van der Waals surface area contributed by atoms with Crippen molar-refractivity contribution < 1.29 is 8.42 Å². The third-order valence-electron chi connectivity index (χ3n) is 2.40. The third-order valence-corrected chi connectivity index (χ3v) is 5.63. The first-order valence-corrected chi connectivity index (χ1v) is 6.89. The van der Waals surface area contributed by atoms with Crippen LogP contribution in [-0.4, -0.2) is 18.9 Å². The fourth-order valence-electron chi connectivity index (χ4n) is 1.31. The first-order valence-electron chi connectivity index (χ1n) is 4.59. The van der Waals surface area contributed by atoms with E-state index in [0.717, 1.165) is 24.2 Å². The molecular formula is C8H13N3O2S2. The van der Waals surface area contributed by atoms with Gasteiger partial charge < -0.3 is 5.73 Å². The van der Waals surface area contributed by atoms with Gasteiger partial charge in [0.2, 0.25) is 0 Å². The van der Waals surface area contributed by atoms with Crippen molar-refractivity contribution >= 4 is 26.5 Å². The molecule has 0 saturated heterocycles. The van der Waals surface area contributed by atoms with Crippen LogP contribution in [0.5, 0.6) is 0 Å². The Hall–Kier alpha value is -0.660. The number of nitrogens with one attached hydrogen (secondary N) is 1. The lowest BCUT2D eigenvalue weighted by Crippen LogP contribution is -2.34. The van der Waals surface area contributed by atoms with Gasteiger partial charge in [-0.1, -0.05) is 11.3 Å². The minimum absolute atomic E-state index is 0.230. The van der Waals surface area contributed by atoms with Crippen LogP contribution in [0.25, 0.3) is 0 Å². The highest BCUT2D eigenvalue weighted by Gasteiger charge is 2.42. The van der Waals surface area contributed by atoms with Gasteiger partial charge in [-0.25, -0.2) is 18.1 Å². The topological polar surface area (TPSA) is 85.1 Å². The molecule has 1 saturated carbocycles.